The Hall–Kier alpha value is -2.13. The second-order valence-electron chi connectivity index (χ2n) is 3.88. The van der Waals surface area contributed by atoms with Crippen molar-refractivity contribution in [3.05, 3.63) is 59.9 Å². The van der Waals surface area contributed by atoms with E-state index in [1.165, 1.54) is 0 Å². The molecular formula is C14H10ClN3. The molecule has 0 aliphatic heterocycles. The first kappa shape index (κ1) is 11.0. The van der Waals surface area contributed by atoms with Gasteiger partial charge in [0.1, 0.15) is 5.69 Å². The third-order valence-corrected chi connectivity index (χ3v) is 2.98. The minimum Gasteiger partial charge on any atom is -0.360 e. The van der Waals surface area contributed by atoms with Crippen LogP contribution in [0.15, 0.2) is 54.9 Å². The van der Waals surface area contributed by atoms with Gasteiger partial charge in [0.2, 0.25) is 0 Å². The molecule has 1 N–H and O–H groups in total. The third-order valence-electron chi connectivity index (χ3n) is 2.73. The summed E-state index contributed by atoms with van der Waals surface area (Å²) in [5, 5.41) is 8.88. The van der Waals surface area contributed by atoms with Crippen LogP contribution in [0.4, 0.5) is 0 Å². The van der Waals surface area contributed by atoms with Crippen LogP contribution in [0.3, 0.4) is 0 Å². The minimum absolute atomic E-state index is 0.724. The summed E-state index contributed by atoms with van der Waals surface area (Å²) in [6.07, 6.45) is 3.56. The fourth-order valence-corrected chi connectivity index (χ4v) is 2.00. The topological polar surface area (TPSA) is 41.6 Å². The van der Waals surface area contributed by atoms with Crippen LogP contribution in [0.5, 0.6) is 0 Å². The predicted octanol–water partition coefficient (Wildman–Crippen LogP) is 3.79. The van der Waals surface area contributed by atoms with Gasteiger partial charge in [0.25, 0.3) is 0 Å². The van der Waals surface area contributed by atoms with Crippen LogP contribution >= 0.6 is 11.6 Å². The molecule has 0 bridgehead atoms. The smallest absolute Gasteiger partial charge is 0.117 e. The van der Waals surface area contributed by atoms with Gasteiger partial charge in [0.05, 0.1) is 11.9 Å². The van der Waals surface area contributed by atoms with E-state index in [9.17, 15) is 0 Å². The molecule has 1 aromatic carbocycles. The highest BCUT2D eigenvalue weighted by atomic mass is 35.5. The Morgan fingerprint density at radius 2 is 1.83 bits per heavy atom. The van der Waals surface area contributed by atoms with Crippen molar-refractivity contribution in [2.24, 2.45) is 0 Å². The van der Waals surface area contributed by atoms with Gasteiger partial charge in [-0.3, -0.25) is 0 Å². The third kappa shape index (κ3) is 2.00. The maximum Gasteiger partial charge on any atom is 0.117 e. The van der Waals surface area contributed by atoms with Crippen molar-refractivity contribution in [2.45, 2.75) is 0 Å². The minimum atomic E-state index is 0.724. The summed E-state index contributed by atoms with van der Waals surface area (Å²) in [6.45, 7) is 0. The van der Waals surface area contributed by atoms with Crippen LogP contribution in [0.1, 0.15) is 0 Å². The summed E-state index contributed by atoms with van der Waals surface area (Å²) in [7, 11) is 0. The monoisotopic (exact) mass is 255 g/mol. The number of hydrogen-bond acceptors (Lipinski definition) is 2. The molecule has 4 heteroatoms. The van der Waals surface area contributed by atoms with Gasteiger partial charge in [0.15, 0.2) is 0 Å². The Kier molecular flexibility index (Phi) is 2.82. The molecule has 0 aliphatic rings. The summed E-state index contributed by atoms with van der Waals surface area (Å²) in [4.78, 5) is 3.15. The van der Waals surface area contributed by atoms with E-state index in [-0.39, 0.29) is 0 Å². The number of nitrogens with zero attached hydrogens (tertiary/aromatic N) is 2. The van der Waals surface area contributed by atoms with Gasteiger partial charge in [-0.15, -0.1) is 5.10 Å². The molecule has 2 heterocycles. The van der Waals surface area contributed by atoms with Crippen LogP contribution in [0.25, 0.3) is 22.5 Å². The Bertz CT molecular complexity index is 645. The Morgan fingerprint density at radius 3 is 2.56 bits per heavy atom. The number of hydrogen-bond donors (Lipinski definition) is 1. The van der Waals surface area contributed by atoms with Gasteiger partial charge in [-0.25, -0.2) is 0 Å². The van der Waals surface area contributed by atoms with Crippen LogP contribution in [-0.4, -0.2) is 15.2 Å². The first-order valence-corrected chi connectivity index (χ1v) is 5.94. The van der Waals surface area contributed by atoms with Gasteiger partial charge in [-0.05, 0) is 35.9 Å². The average Bonchev–Trinajstić information content (AvgIpc) is 2.93. The van der Waals surface area contributed by atoms with Gasteiger partial charge in [-0.1, -0.05) is 23.7 Å². The van der Waals surface area contributed by atoms with Gasteiger partial charge in [-0.2, -0.15) is 5.10 Å². The lowest BCUT2D eigenvalue weighted by Gasteiger charge is -2.06. The molecule has 3 aromatic rings. The highest BCUT2D eigenvalue weighted by Gasteiger charge is 2.09. The van der Waals surface area contributed by atoms with Gasteiger partial charge in [0, 0.05) is 16.8 Å². The summed E-state index contributed by atoms with van der Waals surface area (Å²) >= 11 is 5.90. The molecule has 0 fully saturated rings. The van der Waals surface area contributed by atoms with E-state index >= 15 is 0 Å². The van der Waals surface area contributed by atoms with E-state index in [0.717, 1.165) is 27.5 Å². The molecule has 0 spiro atoms. The Balaban J connectivity index is 2.15. The second-order valence-corrected chi connectivity index (χ2v) is 4.32. The SMILES string of the molecule is Clc1ccc(-c2ccnnc2-c2ccc[nH]2)cc1. The molecular weight excluding hydrogens is 246 g/mol. The lowest BCUT2D eigenvalue weighted by molar-refractivity contribution is 1.03. The maximum absolute atomic E-state index is 5.90. The van der Waals surface area contributed by atoms with E-state index in [4.69, 9.17) is 11.6 Å². The number of H-pyrrole nitrogens is 1. The van der Waals surface area contributed by atoms with E-state index in [1.54, 1.807) is 6.20 Å². The van der Waals surface area contributed by atoms with E-state index in [0.29, 0.717) is 0 Å². The summed E-state index contributed by atoms with van der Waals surface area (Å²) < 4.78 is 0. The molecule has 18 heavy (non-hydrogen) atoms. The number of nitrogens with one attached hydrogen (secondary N) is 1. The molecule has 0 saturated heterocycles. The van der Waals surface area contributed by atoms with Crippen molar-refractivity contribution in [3.8, 4) is 22.5 Å². The fourth-order valence-electron chi connectivity index (χ4n) is 1.87. The van der Waals surface area contributed by atoms with Crippen molar-refractivity contribution < 1.29 is 0 Å². The van der Waals surface area contributed by atoms with Crippen molar-refractivity contribution >= 4 is 11.6 Å². The lowest BCUT2D eigenvalue weighted by atomic mass is 10.0. The molecule has 0 aliphatic carbocycles. The van der Waals surface area contributed by atoms with E-state index in [1.807, 2.05) is 48.7 Å². The molecule has 3 nitrogen and oxygen atoms in total. The molecule has 0 saturated carbocycles. The number of aromatic nitrogens is 3. The van der Waals surface area contributed by atoms with Crippen molar-refractivity contribution in [1.82, 2.24) is 15.2 Å². The Labute approximate surface area is 109 Å². The highest BCUT2D eigenvalue weighted by Crippen LogP contribution is 2.29. The normalized spacial score (nSPS) is 10.5. The number of aromatic amines is 1. The zero-order valence-corrected chi connectivity index (χ0v) is 10.2. The molecule has 3 rings (SSSR count). The number of halogens is 1. The maximum atomic E-state index is 5.90. The summed E-state index contributed by atoms with van der Waals surface area (Å²) in [6, 6.07) is 13.6. The van der Waals surface area contributed by atoms with Crippen LogP contribution < -0.4 is 0 Å². The van der Waals surface area contributed by atoms with E-state index < -0.39 is 0 Å². The standard InChI is InChI=1S/C14H10ClN3/c15-11-5-3-10(4-6-11)12-7-9-17-18-14(12)13-2-1-8-16-13/h1-9,16H. The van der Waals surface area contributed by atoms with E-state index in [2.05, 4.69) is 15.2 Å². The van der Waals surface area contributed by atoms with Crippen LogP contribution in [0, 0.1) is 0 Å². The van der Waals surface area contributed by atoms with Crippen LogP contribution in [0.2, 0.25) is 5.02 Å². The second kappa shape index (κ2) is 4.63. The molecule has 0 unspecified atom stereocenters. The summed E-state index contributed by atoms with van der Waals surface area (Å²) in [5.41, 5.74) is 3.89. The predicted molar refractivity (Wildman–Crippen MR) is 72.3 cm³/mol. The lowest BCUT2D eigenvalue weighted by Crippen LogP contribution is -1.91. The van der Waals surface area contributed by atoms with Crippen molar-refractivity contribution in [2.75, 3.05) is 0 Å². The van der Waals surface area contributed by atoms with Crippen molar-refractivity contribution in [1.29, 1.82) is 0 Å². The average molecular weight is 256 g/mol. The molecule has 0 amide bonds. The zero-order valence-electron chi connectivity index (χ0n) is 9.47. The first-order valence-electron chi connectivity index (χ1n) is 5.56. The Morgan fingerprint density at radius 1 is 1.00 bits per heavy atom. The van der Waals surface area contributed by atoms with Crippen LogP contribution in [-0.2, 0) is 0 Å². The fraction of sp³-hybridized carbons (Fsp3) is 0. The number of rotatable bonds is 2. The molecule has 0 radical (unpaired) electrons. The van der Waals surface area contributed by atoms with Gasteiger partial charge < -0.3 is 4.98 Å². The first-order chi connectivity index (χ1) is 8.84. The molecule has 88 valence electrons. The quantitative estimate of drug-likeness (QED) is 0.757. The molecule has 2 aromatic heterocycles. The van der Waals surface area contributed by atoms with Gasteiger partial charge >= 0.3 is 0 Å². The number of benzene rings is 1. The van der Waals surface area contributed by atoms with Crippen molar-refractivity contribution in [3.63, 3.8) is 0 Å². The highest BCUT2D eigenvalue weighted by molar-refractivity contribution is 6.30. The molecule has 0 atom stereocenters. The largest absolute Gasteiger partial charge is 0.360 e. The summed E-state index contributed by atoms with van der Waals surface area (Å²) in [5.74, 6) is 0. The zero-order chi connectivity index (χ0) is 12.4.